The number of aromatic nitrogens is 1. The lowest BCUT2D eigenvalue weighted by Gasteiger charge is -2.27. The number of carbonyl (C=O) groups excluding carboxylic acids is 8. The molecule has 2 heterocycles. The maximum absolute atomic E-state index is 14.4. The van der Waals surface area contributed by atoms with E-state index >= 15 is 0 Å². The van der Waals surface area contributed by atoms with Crippen molar-refractivity contribution in [2.75, 3.05) is 24.6 Å². The van der Waals surface area contributed by atoms with Crippen molar-refractivity contribution in [1.29, 1.82) is 0 Å². The van der Waals surface area contributed by atoms with E-state index in [1.165, 1.54) is 24.6 Å². The van der Waals surface area contributed by atoms with Gasteiger partial charge >= 0.3 is 0 Å². The van der Waals surface area contributed by atoms with Crippen LogP contribution in [0.5, 0.6) is 0 Å². The fraction of sp³-hybridized carbons (Fsp3) is 0.455. The van der Waals surface area contributed by atoms with Crippen molar-refractivity contribution in [3.05, 3.63) is 71.9 Å². The Morgan fingerprint density at radius 2 is 1.33 bits per heavy atom. The first-order valence-electron chi connectivity index (χ1n) is 22.2. The molecule has 2 aromatic carbocycles. The predicted molar refractivity (Wildman–Crippen MR) is 266 cm³/mol. The topological polar surface area (TPSA) is 391 Å². The number of carbonyl (C=O) groups is 8. The van der Waals surface area contributed by atoms with Crippen LogP contribution in [0.2, 0.25) is 0 Å². The zero-order valence-corrected chi connectivity index (χ0v) is 40.1. The van der Waals surface area contributed by atoms with Gasteiger partial charge in [0.2, 0.25) is 47.3 Å². The van der Waals surface area contributed by atoms with Crippen LogP contribution in [-0.2, 0) is 51.2 Å². The summed E-state index contributed by atoms with van der Waals surface area (Å²) in [5.74, 6) is -6.01. The molecule has 4 rings (SSSR count). The van der Waals surface area contributed by atoms with Gasteiger partial charge in [-0.1, -0.05) is 70.1 Å². The quantitative estimate of drug-likeness (QED) is 0.0313. The number of amides is 8. The molecule has 0 spiro atoms. The zero-order valence-electron chi connectivity index (χ0n) is 38.5. The number of aliphatic imine (C=N–C) groups is 2. The van der Waals surface area contributed by atoms with E-state index < -0.39 is 89.6 Å². The van der Waals surface area contributed by atoms with E-state index in [9.17, 15) is 38.4 Å². The summed E-state index contributed by atoms with van der Waals surface area (Å²) in [7, 11) is 2.37. The number of aromatic amines is 1. The molecular formula is C44H63N15O8S2. The Labute approximate surface area is 407 Å². The molecule has 1 saturated heterocycles. The Bertz CT molecular complexity index is 2320. The second kappa shape index (κ2) is 27.7. The van der Waals surface area contributed by atoms with Crippen LogP contribution in [0.1, 0.15) is 57.1 Å². The first kappa shape index (κ1) is 54.6. The maximum Gasteiger partial charge on any atom is 0.243 e. The summed E-state index contributed by atoms with van der Waals surface area (Å²) in [6.07, 6.45) is 2.24. The molecular weight excluding hydrogens is 931 g/mol. The molecule has 0 bridgehead atoms. The Balaban J connectivity index is 1.71. The van der Waals surface area contributed by atoms with Gasteiger partial charge in [-0.3, -0.25) is 48.3 Å². The summed E-state index contributed by atoms with van der Waals surface area (Å²) in [5, 5.41) is 19.6. The molecule has 1 unspecified atom stereocenters. The monoisotopic (exact) mass is 993 g/mol. The third-order valence-electron chi connectivity index (χ3n) is 10.7. The number of benzene rings is 2. The van der Waals surface area contributed by atoms with Gasteiger partial charge in [0.05, 0.1) is 0 Å². The standard InChI is InChI=1S/C44H63N15O8S2/c1-24-37(62)57-33(20-26-10-4-3-5-11-26)41(66)55-31(15-9-18-51-44(48)49)40(65)58-34(21-27-22-52-29-13-7-6-12-28(27)29)42(67)59-35(36(45)61)23-69-68-19-16-32(38(63)53-24)56-39(64)30(54-25(2)60)14-8-17-50-43(46)47/h3-7,10-13,22,24,30-35,52H,8-9,14-21,23H2,1-2H3,(H2,45,61)(H,53,63)(H,54,60)(H,55,66)(H,56,64)(H,57,62)(H,58,65)(H,59,67)(H4,46,47,50)(H4,48,49,51)/t24-,30-,31-,32?,33+,34-,35-/m0/s1. The molecule has 0 aliphatic carbocycles. The van der Waals surface area contributed by atoms with Crippen LogP contribution in [0.15, 0.2) is 70.8 Å². The summed E-state index contributed by atoms with van der Waals surface area (Å²) in [5.41, 5.74) is 29.8. The van der Waals surface area contributed by atoms with E-state index in [0.29, 0.717) is 17.5 Å². The second-order valence-corrected chi connectivity index (χ2v) is 18.9. The van der Waals surface area contributed by atoms with E-state index in [4.69, 9.17) is 28.7 Å². The number of fused-ring (bicyclic) bond motifs is 1. The highest BCUT2D eigenvalue weighted by atomic mass is 33.1. The number of nitrogens with two attached hydrogens (primary N) is 5. The normalized spacial score (nSPS) is 21.6. The van der Waals surface area contributed by atoms with Crippen molar-refractivity contribution in [2.24, 2.45) is 38.7 Å². The Hall–Kier alpha value is -7.02. The number of primary amides is 1. The van der Waals surface area contributed by atoms with Gasteiger partial charge in [-0.25, -0.2) is 0 Å². The third-order valence-corrected chi connectivity index (χ3v) is 13.2. The Morgan fingerprint density at radius 1 is 0.725 bits per heavy atom. The number of hydrogen-bond acceptors (Lipinski definition) is 12. The molecule has 18 N–H and O–H groups in total. The summed E-state index contributed by atoms with van der Waals surface area (Å²) < 4.78 is 0. The van der Waals surface area contributed by atoms with Crippen molar-refractivity contribution in [3.8, 4) is 0 Å². The number of hydrogen-bond donors (Lipinski definition) is 13. The summed E-state index contributed by atoms with van der Waals surface area (Å²) >= 11 is 0. The van der Waals surface area contributed by atoms with Crippen molar-refractivity contribution in [1.82, 2.24) is 42.2 Å². The molecule has 8 amide bonds. The smallest absolute Gasteiger partial charge is 0.243 e. The number of nitrogens with zero attached hydrogens (tertiary/aromatic N) is 2. The second-order valence-electron chi connectivity index (χ2n) is 16.2. The van der Waals surface area contributed by atoms with Crippen LogP contribution in [0.25, 0.3) is 10.9 Å². The van der Waals surface area contributed by atoms with Crippen molar-refractivity contribution in [3.63, 3.8) is 0 Å². The molecule has 374 valence electrons. The van der Waals surface area contributed by atoms with Gasteiger partial charge in [0, 0.05) is 61.5 Å². The molecule has 3 aromatic rings. The van der Waals surface area contributed by atoms with E-state index in [1.807, 2.05) is 24.3 Å². The lowest BCUT2D eigenvalue weighted by molar-refractivity contribution is -0.135. The SMILES string of the molecule is CC(=O)N[C@@H](CCCN=C(N)N)C(=O)NC1CCSSC[C@@H](C(N)=O)NC(=O)[C@H](Cc2c[nH]c3ccccc23)NC(=O)[C@H](CCCN=C(N)N)NC(=O)[C@@H](Cc2ccccc2)NC(=O)[C@H](C)NC1=O. The molecule has 25 heteroatoms. The summed E-state index contributed by atoms with van der Waals surface area (Å²) in [6, 6.07) is 7.41. The maximum atomic E-state index is 14.4. The lowest BCUT2D eigenvalue weighted by Crippen LogP contribution is -2.60. The van der Waals surface area contributed by atoms with Crippen molar-refractivity contribution < 1.29 is 38.4 Å². The molecule has 1 fully saturated rings. The molecule has 1 aromatic heterocycles. The van der Waals surface area contributed by atoms with Gasteiger partial charge in [-0.2, -0.15) is 0 Å². The largest absolute Gasteiger partial charge is 0.370 e. The van der Waals surface area contributed by atoms with Crippen LogP contribution < -0.4 is 65.9 Å². The van der Waals surface area contributed by atoms with E-state index in [-0.39, 0.29) is 75.0 Å². The highest BCUT2D eigenvalue weighted by Gasteiger charge is 2.34. The van der Waals surface area contributed by atoms with E-state index in [1.54, 1.807) is 36.5 Å². The minimum absolute atomic E-state index is 0.000303. The zero-order chi connectivity index (χ0) is 50.5. The molecule has 0 radical (unpaired) electrons. The fourth-order valence-corrected chi connectivity index (χ4v) is 9.42. The minimum atomic E-state index is -1.30. The Kier molecular flexibility index (Phi) is 21.9. The number of rotatable bonds is 16. The average molecular weight is 994 g/mol. The average Bonchev–Trinajstić information content (AvgIpc) is 3.71. The lowest BCUT2D eigenvalue weighted by atomic mass is 10.0. The van der Waals surface area contributed by atoms with Crippen LogP contribution in [0.4, 0.5) is 0 Å². The highest BCUT2D eigenvalue weighted by molar-refractivity contribution is 8.76. The molecule has 69 heavy (non-hydrogen) atoms. The predicted octanol–water partition coefficient (Wildman–Crippen LogP) is -2.24. The first-order valence-corrected chi connectivity index (χ1v) is 24.7. The fourth-order valence-electron chi connectivity index (χ4n) is 7.15. The number of H-pyrrole nitrogens is 1. The molecule has 0 saturated carbocycles. The van der Waals surface area contributed by atoms with Gasteiger partial charge in [0.15, 0.2) is 11.9 Å². The van der Waals surface area contributed by atoms with Gasteiger partial charge in [-0.15, -0.1) is 0 Å². The number of para-hydroxylation sites is 1. The van der Waals surface area contributed by atoms with Gasteiger partial charge in [-0.05, 0) is 56.2 Å². The third kappa shape index (κ3) is 18.5. The van der Waals surface area contributed by atoms with Crippen molar-refractivity contribution in [2.45, 2.75) is 101 Å². The van der Waals surface area contributed by atoms with Gasteiger partial charge < -0.3 is 70.9 Å². The van der Waals surface area contributed by atoms with Gasteiger partial charge in [0.25, 0.3) is 0 Å². The Morgan fingerprint density at radius 3 is 2.01 bits per heavy atom. The molecule has 23 nitrogen and oxygen atoms in total. The summed E-state index contributed by atoms with van der Waals surface area (Å²) in [4.78, 5) is 121. The molecule has 1 aliphatic heterocycles. The molecule has 7 atom stereocenters. The number of nitrogens with one attached hydrogen (secondary N) is 8. The van der Waals surface area contributed by atoms with E-state index in [0.717, 1.165) is 21.7 Å². The van der Waals surface area contributed by atoms with Gasteiger partial charge in [0.1, 0.15) is 42.3 Å². The summed E-state index contributed by atoms with van der Waals surface area (Å²) in [6.45, 7) is 2.90. The van der Waals surface area contributed by atoms with E-state index in [2.05, 4.69) is 52.2 Å². The molecule has 1 aliphatic rings. The highest BCUT2D eigenvalue weighted by Crippen LogP contribution is 2.24. The minimum Gasteiger partial charge on any atom is -0.370 e. The van der Waals surface area contributed by atoms with Crippen molar-refractivity contribution >= 4 is 91.7 Å². The van der Waals surface area contributed by atoms with Crippen LogP contribution in [0, 0.1) is 0 Å². The van der Waals surface area contributed by atoms with Crippen LogP contribution >= 0.6 is 21.6 Å². The van der Waals surface area contributed by atoms with Crippen LogP contribution in [0.3, 0.4) is 0 Å². The van der Waals surface area contributed by atoms with Crippen LogP contribution in [-0.4, -0.2) is 131 Å². The number of guanidine groups is 2. The first-order chi connectivity index (χ1) is 32.9.